The van der Waals surface area contributed by atoms with E-state index in [0.29, 0.717) is 93.8 Å². The number of primary amides is 1. The zero-order valence-corrected chi connectivity index (χ0v) is 59.8. The lowest BCUT2D eigenvalue weighted by atomic mass is 9.86. The lowest BCUT2D eigenvalue weighted by Gasteiger charge is -2.37. The topological polar surface area (TPSA) is 338 Å². The molecule has 0 spiro atoms. The van der Waals surface area contributed by atoms with Gasteiger partial charge in [0, 0.05) is 96.3 Å². The molecule has 548 valence electrons. The summed E-state index contributed by atoms with van der Waals surface area (Å²) in [5, 5.41) is 24.6. The molecule has 7 atom stereocenters. The quantitative estimate of drug-likeness (QED) is 0.0539. The first-order chi connectivity index (χ1) is 50.6. The molecule has 4 bridgehead atoms. The monoisotopic (exact) mass is 1470 g/mol. The predicted octanol–water partition coefficient (Wildman–Crippen LogP) is 7.38. The number of ketones is 2. The summed E-state index contributed by atoms with van der Waals surface area (Å²) in [5.74, 6) is -7.54. The molecule has 1 aliphatic carbocycles. The van der Waals surface area contributed by atoms with Crippen LogP contribution in [0, 0.1) is 17.6 Å². The molecule has 4 aliphatic rings. The van der Waals surface area contributed by atoms with Gasteiger partial charge >= 0.3 is 0 Å². The number of aromatic hydroxyl groups is 1. The number of anilines is 1. The average molecular weight is 1470 g/mol. The summed E-state index contributed by atoms with van der Waals surface area (Å²) in [6.07, 6.45) is 3.90. The van der Waals surface area contributed by atoms with Crippen molar-refractivity contribution in [2.45, 2.75) is 131 Å². The van der Waals surface area contributed by atoms with E-state index in [-0.39, 0.29) is 74.4 Å². The van der Waals surface area contributed by atoms with E-state index in [1.807, 2.05) is 24.3 Å². The molecule has 1 saturated heterocycles. The first-order valence-electron chi connectivity index (χ1n) is 35.2. The van der Waals surface area contributed by atoms with Crippen molar-refractivity contribution >= 4 is 110 Å². The van der Waals surface area contributed by atoms with Gasteiger partial charge in [-0.05, 0) is 139 Å². The molecule has 4 heterocycles. The van der Waals surface area contributed by atoms with Gasteiger partial charge in [0.1, 0.15) is 48.1 Å². The van der Waals surface area contributed by atoms with Crippen LogP contribution in [0.15, 0.2) is 157 Å². The van der Waals surface area contributed by atoms with Gasteiger partial charge in [0.2, 0.25) is 41.4 Å². The van der Waals surface area contributed by atoms with Gasteiger partial charge in [-0.15, -0.1) is 0 Å². The van der Waals surface area contributed by atoms with Gasteiger partial charge in [0.15, 0.2) is 11.6 Å². The highest BCUT2D eigenvalue weighted by Gasteiger charge is 2.48. The smallest absolute Gasteiger partial charge is 0.252 e. The number of carbonyl (C=O) groups excluding carboxylic acids is 10. The molecule has 7 aromatic rings. The van der Waals surface area contributed by atoms with Gasteiger partial charge in [0.25, 0.3) is 5.91 Å². The number of fused-ring (bicyclic) bond motifs is 9. The third-order valence-electron chi connectivity index (χ3n) is 19.6. The number of amides is 8. The van der Waals surface area contributed by atoms with E-state index in [9.17, 15) is 29.1 Å². The van der Waals surface area contributed by atoms with Crippen LogP contribution in [0.5, 0.6) is 5.75 Å². The third-order valence-corrected chi connectivity index (χ3v) is 21.9. The number of rotatable bonds is 12. The summed E-state index contributed by atoms with van der Waals surface area (Å²) in [4.78, 5) is 158. The van der Waals surface area contributed by atoms with E-state index >= 15 is 32.8 Å². The van der Waals surface area contributed by atoms with Crippen LogP contribution in [0.1, 0.15) is 109 Å². The normalized spacial score (nSPS) is 22.6. The maximum atomic E-state index is 15.8. The average Bonchev–Trinajstić information content (AvgIpc) is 1.64. The molecule has 11 N–H and O–H groups in total. The van der Waals surface area contributed by atoms with Crippen LogP contribution < -0.4 is 43.0 Å². The highest BCUT2D eigenvalue weighted by molar-refractivity contribution is 7.98. The number of nitrogens with zero attached hydrogens (tertiary/aromatic N) is 3. The predicted molar refractivity (Wildman–Crippen MR) is 399 cm³/mol. The minimum Gasteiger partial charge on any atom is -0.508 e. The molecule has 0 saturated carbocycles. The molecular formula is C79H85F2N11O11S2. The number of carbonyl (C=O) groups is 10. The van der Waals surface area contributed by atoms with Crippen molar-refractivity contribution in [1.29, 1.82) is 0 Å². The van der Waals surface area contributed by atoms with Crippen molar-refractivity contribution in [2.75, 3.05) is 42.6 Å². The minimum absolute atomic E-state index is 0.0441. The summed E-state index contributed by atoms with van der Waals surface area (Å²) in [5.41, 5.74) is 16.8. The fourth-order valence-electron chi connectivity index (χ4n) is 14.0. The number of allylic oxidation sites excluding steroid dienone is 1. The van der Waals surface area contributed by atoms with Gasteiger partial charge in [-0.3, -0.25) is 52.9 Å². The van der Waals surface area contributed by atoms with E-state index in [0.717, 1.165) is 16.7 Å². The van der Waals surface area contributed by atoms with Gasteiger partial charge in [-0.1, -0.05) is 97.1 Å². The number of aromatic nitrogens is 1. The molecule has 22 nitrogen and oxygen atoms in total. The number of Topliss-reactive ketones (excluding diaryl/α,β-unsaturated/α-hetero) is 2. The molecule has 3 aliphatic heterocycles. The number of H-pyrrole nitrogens is 1. The van der Waals surface area contributed by atoms with Crippen molar-refractivity contribution in [2.24, 2.45) is 22.4 Å². The first-order valence-corrected chi connectivity index (χ1v) is 37.5. The number of hydrogen-bond donors (Lipinski definition) is 9. The van der Waals surface area contributed by atoms with Crippen LogP contribution in [0.3, 0.4) is 0 Å². The maximum Gasteiger partial charge on any atom is 0.252 e. The lowest BCUT2D eigenvalue weighted by Crippen LogP contribution is -2.59. The second-order valence-electron chi connectivity index (χ2n) is 27.1. The number of nitrogens with one attached hydrogen (secondary N) is 6. The number of phenolic OH excluding ortho intramolecular Hbond substituents is 1. The number of nitrogens with two attached hydrogens (primary N) is 2. The van der Waals surface area contributed by atoms with E-state index in [1.54, 1.807) is 92.0 Å². The number of benzene rings is 6. The van der Waals surface area contributed by atoms with E-state index in [4.69, 9.17) is 16.5 Å². The molecule has 8 amide bonds. The van der Waals surface area contributed by atoms with Crippen LogP contribution >= 0.6 is 23.5 Å². The van der Waals surface area contributed by atoms with Crippen molar-refractivity contribution in [3.8, 4) is 5.75 Å². The first kappa shape index (κ1) is 75.8. The van der Waals surface area contributed by atoms with Gasteiger partial charge in [0.05, 0.1) is 35.4 Å². The number of halogens is 2. The number of unbranched alkanes of at least 4 members (excludes halogenated alkanes) is 1. The van der Waals surface area contributed by atoms with Crippen LogP contribution in [0.4, 0.5) is 14.5 Å². The second kappa shape index (κ2) is 35.0. The summed E-state index contributed by atoms with van der Waals surface area (Å²) in [7, 11) is 0. The number of aliphatic imine (C=N–C) groups is 1. The fourth-order valence-corrected chi connectivity index (χ4v) is 16.0. The Balaban J connectivity index is 0.954. The van der Waals surface area contributed by atoms with Crippen molar-refractivity contribution in [3.05, 3.63) is 208 Å². The highest BCUT2D eigenvalue weighted by atomic mass is 32.2. The van der Waals surface area contributed by atoms with Crippen molar-refractivity contribution in [3.63, 3.8) is 0 Å². The Kier molecular flexibility index (Phi) is 25.3. The number of hydrogen-bond acceptors (Lipinski definition) is 15. The molecule has 1 aromatic heterocycles. The van der Waals surface area contributed by atoms with E-state index < -0.39 is 132 Å². The Labute approximate surface area is 615 Å². The van der Waals surface area contributed by atoms with Gasteiger partial charge < -0.3 is 57.9 Å². The van der Waals surface area contributed by atoms with E-state index in [1.165, 1.54) is 75.8 Å². The van der Waals surface area contributed by atoms with E-state index in [2.05, 4.69) is 31.6 Å². The fraction of sp³-hybridized carbons (Fsp3) is 0.354. The highest BCUT2D eigenvalue weighted by Crippen LogP contribution is 2.36. The standard InChI is InChI=1S/C79H85F2N11O11S2/c1-79-29-10-31-92(79)78(103)65(34-47-18-25-57(93)26-19-47)88-72(98)43-91-67-17-6-5-15-58(67)73(51-13-3-2-4-14-51)89-66(77(91)102)40-68(94)63(36-53-41-84-61-27-24-56(81)39-60(53)61)90-76(101)64(35-52-21-20-50-22-23-55(80)38-59(50)52)87-71(97)42-85-75(100)62(16-7-8-30-82)86-70(96)28-32-104-44-48-11-9-12-49(33-48)45-105-46-54(74(83)99)37-69(79)95/h2-6,9,11-15,17-19,21-27,33,38-39,41,54,62-66,84,93H,7-8,10,16,20,28-32,34-37,40,42-46,82H2,1H3,(H2,83,99)(H,85,100)(H,86,96)(H,87,97)(H,88,98)(H,90,101)/t54-,62-,63-,64-,65-,66+,79-/m0/s1. The van der Waals surface area contributed by atoms with Crippen LogP contribution in [0.2, 0.25) is 0 Å². The van der Waals surface area contributed by atoms with Crippen LogP contribution in [-0.2, 0) is 78.7 Å². The largest absolute Gasteiger partial charge is 0.508 e. The summed E-state index contributed by atoms with van der Waals surface area (Å²) < 4.78 is 30.2. The lowest BCUT2D eigenvalue weighted by molar-refractivity contribution is -0.146. The van der Waals surface area contributed by atoms with Crippen molar-refractivity contribution in [1.82, 2.24) is 36.5 Å². The Morgan fingerprint density at radius 3 is 2.19 bits per heavy atom. The zero-order valence-electron chi connectivity index (χ0n) is 58.1. The molecule has 0 radical (unpaired) electrons. The molecule has 0 unspecified atom stereocenters. The van der Waals surface area contributed by atoms with Gasteiger partial charge in [-0.25, -0.2) is 8.78 Å². The Morgan fingerprint density at radius 1 is 0.695 bits per heavy atom. The number of phenols is 1. The molecule has 1 fully saturated rings. The number of para-hydroxylation sites is 1. The summed E-state index contributed by atoms with van der Waals surface area (Å²) >= 11 is 2.92. The Morgan fingerprint density at radius 2 is 1.42 bits per heavy atom. The third kappa shape index (κ3) is 19.2. The molecule has 105 heavy (non-hydrogen) atoms. The SMILES string of the molecule is C[C@@]12CCCN1C(=O)[C@H](Cc1ccc(O)cc1)NC(=O)CN1C(=O)[C@@H](CC(=O)[C@H](Cc3c[nH]c4ccc(F)cc34)NC(=O)[C@H](CC3=CCc4ccc(F)cc43)NC(=O)CNC(=O)[C@H](CCCCN)NC(=O)CCSCc3cccc(c3)CSC[C@@H](C(N)=O)CC2=O)N=C(c2ccccc2)c2ccccc21. The molecule has 11 rings (SSSR count). The minimum atomic E-state index is -1.63. The maximum absolute atomic E-state index is 15.8. The summed E-state index contributed by atoms with van der Waals surface area (Å²) in [6, 6.07) is 30.4. The van der Waals surface area contributed by atoms with Gasteiger partial charge in [-0.2, -0.15) is 23.5 Å². The Bertz CT molecular complexity index is 4500. The number of thioether (sulfide) groups is 2. The second-order valence-corrected chi connectivity index (χ2v) is 29.3. The number of aromatic amines is 1. The zero-order chi connectivity index (χ0) is 74.3. The molecule has 26 heteroatoms. The molecular weight excluding hydrogens is 1380 g/mol. The van der Waals surface area contributed by atoms with Crippen molar-refractivity contribution < 1.29 is 61.8 Å². The van der Waals surface area contributed by atoms with Crippen LogP contribution in [0.25, 0.3) is 16.5 Å². The van der Waals surface area contributed by atoms with Crippen LogP contribution in [-0.4, -0.2) is 153 Å². The molecule has 6 aromatic carbocycles. The summed E-state index contributed by atoms with van der Waals surface area (Å²) in [6.45, 7) is 0.660. The Hall–Kier alpha value is -10.3.